The highest BCUT2D eigenvalue weighted by Gasteiger charge is 2.15. The van der Waals surface area contributed by atoms with Gasteiger partial charge in [-0.1, -0.05) is 30.3 Å². The van der Waals surface area contributed by atoms with E-state index in [-0.39, 0.29) is 30.1 Å². The van der Waals surface area contributed by atoms with Crippen molar-refractivity contribution in [2.45, 2.75) is 13.0 Å². The van der Waals surface area contributed by atoms with E-state index in [4.69, 9.17) is 0 Å². The van der Waals surface area contributed by atoms with Crippen molar-refractivity contribution in [3.8, 4) is 11.3 Å². The van der Waals surface area contributed by atoms with Crippen molar-refractivity contribution >= 4 is 17.5 Å². The minimum Gasteiger partial charge on any atom is -0.394 e. The van der Waals surface area contributed by atoms with Crippen molar-refractivity contribution in [1.29, 1.82) is 0 Å². The van der Waals surface area contributed by atoms with E-state index in [1.54, 1.807) is 13.0 Å². The molecule has 0 aliphatic carbocycles. The average molecular weight is 374 g/mol. The molecule has 1 heterocycles. The van der Waals surface area contributed by atoms with E-state index >= 15 is 0 Å². The number of benzene rings is 2. The Labute approximate surface area is 153 Å². The molecule has 0 unspecified atom stereocenters. The minimum absolute atomic E-state index is 0.139. The molecule has 0 saturated carbocycles. The fourth-order valence-corrected chi connectivity index (χ4v) is 2.36. The van der Waals surface area contributed by atoms with Crippen molar-refractivity contribution < 1.29 is 18.3 Å². The Balaban J connectivity index is 2.01. The molecule has 0 amide bonds. The first-order chi connectivity index (χ1) is 13.0. The Morgan fingerprint density at radius 1 is 1.00 bits per heavy atom. The molecule has 27 heavy (non-hydrogen) atoms. The first-order valence-electron chi connectivity index (χ1n) is 8.20. The molecule has 3 rings (SSSR count). The maximum absolute atomic E-state index is 14.0. The van der Waals surface area contributed by atoms with Crippen LogP contribution in [0.1, 0.15) is 6.92 Å². The first kappa shape index (κ1) is 18.7. The van der Waals surface area contributed by atoms with Crippen LogP contribution in [0.5, 0.6) is 0 Å². The predicted molar refractivity (Wildman–Crippen MR) is 97.2 cm³/mol. The van der Waals surface area contributed by atoms with Gasteiger partial charge in [-0.05, 0) is 19.1 Å². The number of halogens is 3. The van der Waals surface area contributed by atoms with Crippen LogP contribution in [0.25, 0.3) is 11.3 Å². The second-order valence-corrected chi connectivity index (χ2v) is 5.90. The Morgan fingerprint density at radius 3 is 2.44 bits per heavy atom. The lowest BCUT2D eigenvalue weighted by atomic mass is 10.1. The number of nitrogens with one attached hydrogen (secondary N) is 2. The highest BCUT2D eigenvalue weighted by atomic mass is 19.2. The lowest BCUT2D eigenvalue weighted by Gasteiger charge is -2.14. The van der Waals surface area contributed by atoms with E-state index in [0.29, 0.717) is 5.69 Å². The zero-order chi connectivity index (χ0) is 19.4. The maximum atomic E-state index is 14.0. The number of anilines is 3. The Morgan fingerprint density at radius 2 is 1.74 bits per heavy atom. The van der Waals surface area contributed by atoms with Gasteiger partial charge in [-0.15, -0.1) is 0 Å². The molecule has 3 aromatic rings. The Bertz CT molecular complexity index is 938. The molecular formula is C19H17F3N4O. The summed E-state index contributed by atoms with van der Waals surface area (Å²) in [6.07, 6.45) is 0. The van der Waals surface area contributed by atoms with Crippen LogP contribution in [0.3, 0.4) is 0 Å². The summed E-state index contributed by atoms with van der Waals surface area (Å²) >= 11 is 0. The number of hydrogen-bond donors (Lipinski definition) is 3. The van der Waals surface area contributed by atoms with Crippen molar-refractivity contribution in [1.82, 2.24) is 9.97 Å². The van der Waals surface area contributed by atoms with Crippen LogP contribution in [0.2, 0.25) is 0 Å². The standard InChI is InChI=1S/C19H17F3N4O/c1-11(10-27)23-19-25-15(12-5-3-2-4-6-12)9-16(26-19)24-14-8-7-13(20)17(21)18(14)22/h2-9,11,27H,10H2,1H3,(H2,23,24,25,26)/t11-/m0/s1. The third-order valence-electron chi connectivity index (χ3n) is 3.74. The molecule has 1 atom stereocenters. The lowest BCUT2D eigenvalue weighted by molar-refractivity contribution is 0.281. The summed E-state index contributed by atoms with van der Waals surface area (Å²) in [5.41, 5.74) is 1.06. The van der Waals surface area contributed by atoms with E-state index in [1.165, 1.54) is 0 Å². The zero-order valence-electron chi connectivity index (χ0n) is 14.4. The molecule has 140 valence electrons. The van der Waals surface area contributed by atoms with E-state index in [0.717, 1.165) is 17.7 Å². The molecule has 0 spiro atoms. The smallest absolute Gasteiger partial charge is 0.225 e. The van der Waals surface area contributed by atoms with Gasteiger partial charge in [0.15, 0.2) is 17.5 Å². The summed E-state index contributed by atoms with van der Waals surface area (Å²) in [4.78, 5) is 8.59. The van der Waals surface area contributed by atoms with Gasteiger partial charge >= 0.3 is 0 Å². The average Bonchev–Trinajstić information content (AvgIpc) is 2.69. The van der Waals surface area contributed by atoms with Gasteiger partial charge in [-0.2, -0.15) is 4.98 Å². The van der Waals surface area contributed by atoms with Crippen LogP contribution in [-0.2, 0) is 0 Å². The van der Waals surface area contributed by atoms with Crippen molar-refractivity contribution in [3.05, 3.63) is 66.0 Å². The summed E-state index contributed by atoms with van der Waals surface area (Å²) in [7, 11) is 0. The molecule has 0 aliphatic rings. The molecule has 0 bridgehead atoms. The van der Waals surface area contributed by atoms with E-state index in [1.807, 2.05) is 30.3 Å². The summed E-state index contributed by atoms with van der Waals surface area (Å²) in [6.45, 7) is 1.60. The number of aliphatic hydroxyl groups is 1. The number of aliphatic hydroxyl groups excluding tert-OH is 1. The molecule has 0 radical (unpaired) electrons. The van der Waals surface area contributed by atoms with Gasteiger partial charge in [0.05, 0.1) is 18.0 Å². The zero-order valence-corrected chi connectivity index (χ0v) is 14.4. The van der Waals surface area contributed by atoms with Gasteiger partial charge in [0.2, 0.25) is 5.95 Å². The molecule has 8 heteroatoms. The van der Waals surface area contributed by atoms with Crippen LogP contribution in [-0.4, -0.2) is 27.7 Å². The van der Waals surface area contributed by atoms with Crippen molar-refractivity contribution in [2.75, 3.05) is 17.2 Å². The Hall–Kier alpha value is -3.13. The fourth-order valence-electron chi connectivity index (χ4n) is 2.36. The molecule has 5 nitrogen and oxygen atoms in total. The van der Waals surface area contributed by atoms with Gasteiger partial charge in [0.25, 0.3) is 0 Å². The number of rotatable bonds is 6. The number of hydrogen-bond acceptors (Lipinski definition) is 5. The molecule has 1 aromatic heterocycles. The van der Waals surface area contributed by atoms with Crippen LogP contribution in [0.4, 0.5) is 30.6 Å². The quantitative estimate of drug-likeness (QED) is 0.567. The maximum Gasteiger partial charge on any atom is 0.225 e. The summed E-state index contributed by atoms with van der Waals surface area (Å²) in [6, 6.07) is 12.4. The van der Waals surface area contributed by atoms with Crippen molar-refractivity contribution in [2.24, 2.45) is 0 Å². The molecule has 0 aliphatic heterocycles. The molecule has 0 saturated heterocycles. The van der Waals surface area contributed by atoms with Gasteiger partial charge in [-0.25, -0.2) is 18.2 Å². The SMILES string of the molecule is C[C@@H](CO)Nc1nc(Nc2ccc(F)c(F)c2F)cc(-c2ccccc2)n1. The van der Waals surface area contributed by atoms with Gasteiger partial charge in [0.1, 0.15) is 5.82 Å². The number of nitrogens with zero attached hydrogens (tertiary/aromatic N) is 2. The monoisotopic (exact) mass is 374 g/mol. The van der Waals surface area contributed by atoms with Crippen LogP contribution in [0.15, 0.2) is 48.5 Å². The second-order valence-electron chi connectivity index (χ2n) is 5.90. The van der Waals surface area contributed by atoms with Crippen LogP contribution >= 0.6 is 0 Å². The molecular weight excluding hydrogens is 357 g/mol. The fraction of sp³-hybridized carbons (Fsp3) is 0.158. The van der Waals surface area contributed by atoms with E-state index < -0.39 is 17.5 Å². The first-order valence-corrected chi connectivity index (χ1v) is 8.20. The molecule has 3 N–H and O–H groups in total. The van der Waals surface area contributed by atoms with Gasteiger partial charge < -0.3 is 15.7 Å². The Kier molecular flexibility index (Phi) is 5.56. The lowest BCUT2D eigenvalue weighted by Crippen LogP contribution is -2.21. The molecule has 2 aromatic carbocycles. The third kappa shape index (κ3) is 4.35. The summed E-state index contributed by atoms with van der Waals surface area (Å²) in [5.74, 6) is -3.80. The topological polar surface area (TPSA) is 70.1 Å². The van der Waals surface area contributed by atoms with E-state index in [2.05, 4.69) is 20.6 Å². The van der Waals surface area contributed by atoms with Gasteiger partial charge in [0, 0.05) is 17.7 Å². The predicted octanol–water partition coefficient (Wildman–Crippen LogP) is 4.10. The largest absolute Gasteiger partial charge is 0.394 e. The minimum atomic E-state index is -1.57. The van der Waals surface area contributed by atoms with Crippen LogP contribution < -0.4 is 10.6 Å². The highest BCUT2D eigenvalue weighted by molar-refractivity contribution is 5.67. The summed E-state index contributed by atoms with van der Waals surface area (Å²) < 4.78 is 40.6. The van der Waals surface area contributed by atoms with Gasteiger partial charge in [-0.3, -0.25) is 0 Å². The van der Waals surface area contributed by atoms with E-state index in [9.17, 15) is 18.3 Å². The normalized spacial score (nSPS) is 11.9. The number of aromatic nitrogens is 2. The summed E-state index contributed by atoms with van der Waals surface area (Å²) in [5, 5.41) is 14.8. The second kappa shape index (κ2) is 8.05. The molecule has 0 fully saturated rings. The van der Waals surface area contributed by atoms with Crippen LogP contribution in [0, 0.1) is 17.5 Å². The highest BCUT2D eigenvalue weighted by Crippen LogP contribution is 2.26. The third-order valence-corrected chi connectivity index (χ3v) is 3.74. The van der Waals surface area contributed by atoms with Crippen molar-refractivity contribution in [3.63, 3.8) is 0 Å².